The Balaban J connectivity index is 2.34. The van der Waals surface area contributed by atoms with E-state index in [0.29, 0.717) is 27.1 Å². The fourth-order valence-electron chi connectivity index (χ4n) is 1.56. The fourth-order valence-corrected chi connectivity index (χ4v) is 2.39. The summed E-state index contributed by atoms with van der Waals surface area (Å²) < 4.78 is 16.7. The van der Waals surface area contributed by atoms with Crippen molar-refractivity contribution in [3.63, 3.8) is 0 Å². The van der Waals surface area contributed by atoms with Gasteiger partial charge in [-0.1, -0.05) is 0 Å². The van der Waals surface area contributed by atoms with Crippen molar-refractivity contribution < 1.29 is 18.7 Å². The van der Waals surface area contributed by atoms with Gasteiger partial charge in [0.2, 0.25) is 5.76 Å². The summed E-state index contributed by atoms with van der Waals surface area (Å²) >= 11 is 6.38. The molecule has 0 aliphatic heterocycles. The molecule has 7 heteroatoms. The van der Waals surface area contributed by atoms with Crippen molar-refractivity contribution in [1.82, 2.24) is 0 Å². The molecule has 0 spiro atoms. The molecule has 1 aromatic heterocycles. The summed E-state index contributed by atoms with van der Waals surface area (Å²) in [7, 11) is 0. The number of carbonyl (C=O) groups is 1. The van der Waals surface area contributed by atoms with Crippen LogP contribution in [0.25, 0.3) is 0 Å². The Kier molecular flexibility index (Phi) is 5.04. The first-order chi connectivity index (χ1) is 10.0. The van der Waals surface area contributed by atoms with Crippen LogP contribution in [0.1, 0.15) is 23.0 Å². The minimum Gasteiger partial charge on any atom is -0.490 e. The highest BCUT2D eigenvalue weighted by molar-refractivity contribution is 9.10. The molecule has 0 radical (unpaired) electrons. The minimum atomic E-state index is -0.660. The lowest BCUT2D eigenvalue weighted by Crippen LogP contribution is -2.09. The number of benzene rings is 1. The Morgan fingerprint density at radius 1 is 1.38 bits per heavy atom. The van der Waals surface area contributed by atoms with E-state index in [9.17, 15) is 4.79 Å². The van der Waals surface area contributed by atoms with Gasteiger partial charge in [-0.3, -0.25) is 0 Å². The number of esters is 1. The van der Waals surface area contributed by atoms with Crippen molar-refractivity contribution in [2.75, 3.05) is 6.61 Å². The monoisotopic (exact) mass is 413 g/mol. The minimum absolute atomic E-state index is 0.0561. The van der Waals surface area contributed by atoms with Crippen LogP contribution in [0, 0.1) is 11.3 Å². The molecule has 0 aliphatic carbocycles. The fraction of sp³-hybridized carbons (Fsp3) is 0.143. The van der Waals surface area contributed by atoms with Crippen molar-refractivity contribution in [3.8, 4) is 17.6 Å². The number of ether oxygens (including phenoxy) is 2. The summed E-state index contributed by atoms with van der Waals surface area (Å²) in [5.74, 6) is -0.0941. The maximum absolute atomic E-state index is 12.0. The number of rotatable bonds is 4. The number of hydrogen-bond donors (Lipinski definition) is 0. The molecule has 21 heavy (non-hydrogen) atoms. The molecule has 1 aromatic carbocycles. The van der Waals surface area contributed by atoms with Crippen LogP contribution < -0.4 is 9.47 Å². The Labute approximate surface area is 137 Å². The highest BCUT2D eigenvalue weighted by Crippen LogP contribution is 2.37. The second kappa shape index (κ2) is 6.78. The third-order valence-electron chi connectivity index (χ3n) is 2.41. The van der Waals surface area contributed by atoms with E-state index in [-0.39, 0.29) is 11.5 Å². The first kappa shape index (κ1) is 15.6. The maximum atomic E-state index is 12.0. The van der Waals surface area contributed by atoms with Crippen LogP contribution in [0.15, 0.2) is 37.8 Å². The maximum Gasteiger partial charge on any atom is 0.379 e. The molecule has 0 unspecified atom stereocenters. The van der Waals surface area contributed by atoms with Gasteiger partial charge in [-0.25, -0.2) is 4.79 Å². The van der Waals surface area contributed by atoms with Crippen molar-refractivity contribution >= 4 is 37.8 Å². The van der Waals surface area contributed by atoms with Crippen molar-refractivity contribution in [3.05, 3.63) is 44.7 Å². The molecule has 0 bridgehead atoms. The van der Waals surface area contributed by atoms with E-state index in [4.69, 9.17) is 19.2 Å². The zero-order chi connectivity index (χ0) is 15.4. The molecule has 2 rings (SSSR count). The van der Waals surface area contributed by atoms with Gasteiger partial charge in [-0.15, -0.1) is 0 Å². The van der Waals surface area contributed by atoms with Crippen LogP contribution >= 0.6 is 31.9 Å². The summed E-state index contributed by atoms with van der Waals surface area (Å²) in [6.07, 6.45) is 0. The molecule has 0 fully saturated rings. The highest BCUT2D eigenvalue weighted by atomic mass is 79.9. The predicted molar refractivity (Wildman–Crippen MR) is 81.4 cm³/mol. The highest BCUT2D eigenvalue weighted by Gasteiger charge is 2.19. The number of nitriles is 1. The molecular formula is C14H9Br2NO4. The normalized spacial score (nSPS) is 10.0. The van der Waals surface area contributed by atoms with E-state index in [2.05, 4.69) is 31.9 Å². The zero-order valence-electron chi connectivity index (χ0n) is 10.9. The van der Waals surface area contributed by atoms with E-state index < -0.39 is 5.97 Å². The molecule has 1 heterocycles. The number of nitrogens with zero attached hydrogens (tertiary/aromatic N) is 1. The number of hydrogen-bond acceptors (Lipinski definition) is 5. The Hall–Kier alpha value is -1.78. The van der Waals surface area contributed by atoms with Crippen molar-refractivity contribution in [2.24, 2.45) is 0 Å². The van der Waals surface area contributed by atoms with Gasteiger partial charge in [-0.05, 0) is 57.0 Å². The molecule has 0 atom stereocenters. The molecule has 0 saturated heterocycles. The van der Waals surface area contributed by atoms with Crippen LogP contribution in [0.4, 0.5) is 0 Å². The van der Waals surface area contributed by atoms with Gasteiger partial charge in [-0.2, -0.15) is 5.26 Å². The molecule has 0 saturated carbocycles. The van der Waals surface area contributed by atoms with Crippen LogP contribution in [0.3, 0.4) is 0 Å². The van der Waals surface area contributed by atoms with Gasteiger partial charge in [0.25, 0.3) is 0 Å². The SMILES string of the molecule is CCOc1cc(C#N)cc(Br)c1OC(=O)c1ccc(Br)o1. The van der Waals surface area contributed by atoms with Gasteiger partial charge >= 0.3 is 5.97 Å². The van der Waals surface area contributed by atoms with E-state index >= 15 is 0 Å². The lowest BCUT2D eigenvalue weighted by molar-refractivity contribution is 0.0692. The quantitative estimate of drug-likeness (QED) is 0.551. The van der Waals surface area contributed by atoms with Crippen molar-refractivity contribution in [2.45, 2.75) is 6.92 Å². The molecule has 108 valence electrons. The van der Waals surface area contributed by atoms with Gasteiger partial charge in [0, 0.05) is 6.07 Å². The van der Waals surface area contributed by atoms with E-state index in [1.54, 1.807) is 19.1 Å². The number of halogens is 2. The van der Waals surface area contributed by atoms with E-state index in [1.807, 2.05) is 6.07 Å². The lowest BCUT2D eigenvalue weighted by Gasteiger charge is -2.12. The van der Waals surface area contributed by atoms with Gasteiger partial charge in [0.15, 0.2) is 16.2 Å². The standard InChI is InChI=1S/C14H9Br2NO4/c1-2-19-11-6-8(7-17)5-9(15)13(11)21-14(18)10-3-4-12(16)20-10/h3-6H,2H2,1H3. The second-order valence-corrected chi connectivity index (χ2v) is 5.46. The zero-order valence-corrected chi connectivity index (χ0v) is 14.0. The summed E-state index contributed by atoms with van der Waals surface area (Å²) in [6, 6.07) is 8.14. The number of carbonyl (C=O) groups excluding carboxylic acids is 1. The van der Waals surface area contributed by atoms with Gasteiger partial charge in [0.05, 0.1) is 22.7 Å². The Bertz CT molecular complexity index is 718. The molecule has 0 N–H and O–H groups in total. The van der Waals surface area contributed by atoms with Crippen LogP contribution in [0.5, 0.6) is 11.5 Å². The van der Waals surface area contributed by atoms with E-state index in [1.165, 1.54) is 12.1 Å². The number of furan rings is 1. The molecule has 5 nitrogen and oxygen atoms in total. The molecule has 0 amide bonds. The van der Waals surface area contributed by atoms with Crippen molar-refractivity contribution in [1.29, 1.82) is 5.26 Å². The first-order valence-corrected chi connectivity index (χ1v) is 7.47. The Morgan fingerprint density at radius 3 is 2.71 bits per heavy atom. The first-order valence-electron chi connectivity index (χ1n) is 5.89. The molecule has 2 aromatic rings. The topological polar surface area (TPSA) is 72.5 Å². The Morgan fingerprint density at radius 2 is 2.14 bits per heavy atom. The third-order valence-corrected chi connectivity index (χ3v) is 3.42. The van der Waals surface area contributed by atoms with Gasteiger partial charge < -0.3 is 13.9 Å². The summed E-state index contributed by atoms with van der Waals surface area (Å²) in [5.41, 5.74) is 0.394. The summed E-state index contributed by atoms with van der Waals surface area (Å²) in [4.78, 5) is 12.0. The smallest absolute Gasteiger partial charge is 0.379 e. The van der Waals surface area contributed by atoms with Crippen LogP contribution in [-0.2, 0) is 0 Å². The summed E-state index contributed by atoms with van der Waals surface area (Å²) in [5, 5.41) is 8.95. The van der Waals surface area contributed by atoms with E-state index in [0.717, 1.165) is 0 Å². The molecule has 0 aliphatic rings. The second-order valence-electron chi connectivity index (χ2n) is 3.82. The van der Waals surface area contributed by atoms with Crippen LogP contribution in [-0.4, -0.2) is 12.6 Å². The van der Waals surface area contributed by atoms with Crippen LogP contribution in [0.2, 0.25) is 0 Å². The average Bonchev–Trinajstić information content (AvgIpc) is 2.89. The summed E-state index contributed by atoms with van der Waals surface area (Å²) in [6.45, 7) is 2.17. The third kappa shape index (κ3) is 3.65. The largest absolute Gasteiger partial charge is 0.490 e. The lowest BCUT2D eigenvalue weighted by atomic mass is 10.2. The molecular weight excluding hydrogens is 406 g/mol. The average molecular weight is 415 g/mol. The van der Waals surface area contributed by atoms with Gasteiger partial charge in [0.1, 0.15) is 0 Å². The predicted octanol–water partition coefficient (Wildman–Crippen LogP) is 4.29.